The summed E-state index contributed by atoms with van der Waals surface area (Å²) in [4.78, 5) is 13.3. The first kappa shape index (κ1) is 15.5. The highest BCUT2D eigenvalue weighted by atomic mass is 35.5. The highest BCUT2D eigenvalue weighted by Gasteiger charge is 2.24. The summed E-state index contributed by atoms with van der Waals surface area (Å²) in [5, 5.41) is 0.317. The largest absolute Gasteiger partial charge is 0.292 e. The average molecular weight is 349 g/mol. The SMILES string of the molecule is Cc1ccc(C(=O)CS(=O)(=O)c2cc(Cl)ccc2Cl)s1. The van der Waals surface area contributed by atoms with Crippen LogP contribution in [0, 0.1) is 6.92 Å². The summed E-state index contributed by atoms with van der Waals surface area (Å²) in [6.45, 7) is 1.85. The van der Waals surface area contributed by atoms with Crippen molar-refractivity contribution < 1.29 is 13.2 Å². The van der Waals surface area contributed by atoms with Crippen LogP contribution in [0.5, 0.6) is 0 Å². The molecule has 0 radical (unpaired) electrons. The lowest BCUT2D eigenvalue weighted by molar-refractivity contribution is 0.102. The molecule has 0 N–H and O–H groups in total. The van der Waals surface area contributed by atoms with Gasteiger partial charge in [-0.2, -0.15) is 0 Å². The molecule has 0 fully saturated rings. The summed E-state index contributed by atoms with van der Waals surface area (Å²) in [5.41, 5.74) is 0. The molecule has 0 aliphatic heterocycles. The molecule has 2 aromatic rings. The van der Waals surface area contributed by atoms with Crippen molar-refractivity contribution in [3.8, 4) is 0 Å². The fourth-order valence-corrected chi connectivity index (χ4v) is 4.55. The van der Waals surface area contributed by atoms with E-state index < -0.39 is 21.4 Å². The van der Waals surface area contributed by atoms with Crippen molar-refractivity contribution >= 4 is 50.2 Å². The lowest BCUT2D eigenvalue weighted by Gasteiger charge is -2.06. The maximum absolute atomic E-state index is 12.2. The standard InChI is InChI=1S/C13H10Cl2O3S2/c1-8-2-5-12(19-8)11(16)7-20(17,18)13-6-9(14)3-4-10(13)15/h2-6H,7H2,1H3. The van der Waals surface area contributed by atoms with Gasteiger partial charge in [0.05, 0.1) is 14.8 Å². The normalized spacial score (nSPS) is 11.6. The first-order chi connectivity index (χ1) is 9.29. The second kappa shape index (κ2) is 5.85. The van der Waals surface area contributed by atoms with Crippen LogP contribution in [0.2, 0.25) is 10.0 Å². The Labute approximate surface area is 131 Å². The first-order valence-corrected chi connectivity index (χ1v) is 8.79. The van der Waals surface area contributed by atoms with E-state index in [-0.39, 0.29) is 14.9 Å². The Morgan fingerprint density at radius 3 is 2.50 bits per heavy atom. The molecule has 0 unspecified atom stereocenters. The number of ketones is 1. The van der Waals surface area contributed by atoms with Crippen molar-refractivity contribution in [2.45, 2.75) is 11.8 Å². The van der Waals surface area contributed by atoms with E-state index in [1.807, 2.05) is 6.92 Å². The maximum Gasteiger partial charge on any atom is 0.188 e. The van der Waals surface area contributed by atoms with Crippen molar-refractivity contribution in [2.75, 3.05) is 5.75 Å². The molecule has 0 aliphatic rings. The maximum atomic E-state index is 12.2. The van der Waals surface area contributed by atoms with Gasteiger partial charge in [-0.15, -0.1) is 11.3 Å². The molecule has 1 heterocycles. The van der Waals surface area contributed by atoms with E-state index in [2.05, 4.69) is 0 Å². The summed E-state index contributed by atoms with van der Waals surface area (Å²) in [5.74, 6) is -1.06. The van der Waals surface area contributed by atoms with Crippen molar-refractivity contribution in [3.05, 3.63) is 50.1 Å². The molecule has 0 aliphatic carbocycles. The van der Waals surface area contributed by atoms with Crippen molar-refractivity contribution in [1.82, 2.24) is 0 Å². The molecule has 0 atom stereocenters. The number of carbonyl (C=O) groups excluding carboxylic acids is 1. The molecule has 3 nitrogen and oxygen atoms in total. The van der Waals surface area contributed by atoms with Crippen LogP contribution in [0.15, 0.2) is 35.2 Å². The average Bonchev–Trinajstić information content (AvgIpc) is 2.78. The lowest BCUT2D eigenvalue weighted by atomic mass is 10.3. The minimum atomic E-state index is -3.81. The third kappa shape index (κ3) is 3.41. The minimum Gasteiger partial charge on any atom is -0.292 e. The molecule has 0 saturated heterocycles. The molecule has 20 heavy (non-hydrogen) atoms. The molecular formula is C13H10Cl2O3S2. The fourth-order valence-electron chi connectivity index (χ4n) is 1.62. The van der Waals surface area contributed by atoms with E-state index in [1.54, 1.807) is 12.1 Å². The second-order valence-electron chi connectivity index (χ2n) is 4.17. The van der Waals surface area contributed by atoms with Gasteiger partial charge in [0.2, 0.25) is 0 Å². The number of benzene rings is 1. The Morgan fingerprint density at radius 2 is 1.90 bits per heavy atom. The Bertz CT molecular complexity index is 764. The highest BCUT2D eigenvalue weighted by Crippen LogP contribution is 2.27. The molecule has 0 saturated carbocycles. The summed E-state index contributed by atoms with van der Waals surface area (Å²) in [6.07, 6.45) is 0. The number of hydrogen-bond donors (Lipinski definition) is 0. The van der Waals surface area contributed by atoms with Gasteiger partial charge < -0.3 is 0 Å². The molecular weight excluding hydrogens is 339 g/mol. The molecule has 0 amide bonds. The van der Waals surface area contributed by atoms with Crippen LogP contribution >= 0.6 is 34.5 Å². The van der Waals surface area contributed by atoms with Gasteiger partial charge in [0.25, 0.3) is 0 Å². The zero-order chi connectivity index (χ0) is 14.9. The Morgan fingerprint density at radius 1 is 1.20 bits per heavy atom. The molecule has 106 valence electrons. The van der Waals surface area contributed by atoms with Crippen LogP contribution < -0.4 is 0 Å². The predicted molar refractivity (Wildman–Crippen MR) is 81.9 cm³/mol. The summed E-state index contributed by atoms with van der Waals surface area (Å²) < 4.78 is 24.5. The number of rotatable bonds is 4. The van der Waals surface area contributed by atoms with Crippen molar-refractivity contribution in [1.29, 1.82) is 0 Å². The number of halogens is 2. The van der Waals surface area contributed by atoms with Gasteiger partial charge in [0.1, 0.15) is 5.75 Å². The van der Waals surface area contributed by atoms with Gasteiger partial charge in [0.15, 0.2) is 15.6 Å². The quantitative estimate of drug-likeness (QED) is 0.784. The number of thiophene rings is 1. The monoisotopic (exact) mass is 348 g/mol. The first-order valence-electron chi connectivity index (χ1n) is 5.57. The molecule has 2 rings (SSSR count). The Kier molecular flexibility index (Phi) is 4.54. The van der Waals surface area contributed by atoms with Crippen LogP contribution in [0.25, 0.3) is 0 Å². The smallest absolute Gasteiger partial charge is 0.188 e. The molecule has 0 bridgehead atoms. The lowest BCUT2D eigenvalue weighted by Crippen LogP contribution is -2.16. The highest BCUT2D eigenvalue weighted by molar-refractivity contribution is 7.92. The Balaban J connectivity index is 2.32. The van der Waals surface area contributed by atoms with E-state index in [0.29, 0.717) is 4.88 Å². The van der Waals surface area contributed by atoms with Crippen LogP contribution in [-0.2, 0) is 9.84 Å². The number of carbonyl (C=O) groups is 1. The zero-order valence-corrected chi connectivity index (χ0v) is 13.5. The van der Waals surface area contributed by atoms with Crippen LogP contribution in [0.4, 0.5) is 0 Å². The summed E-state index contributed by atoms with van der Waals surface area (Å²) >= 11 is 12.9. The number of sulfone groups is 1. The summed E-state index contributed by atoms with van der Waals surface area (Å²) in [7, 11) is -3.81. The molecule has 7 heteroatoms. The van der Waals surface area contributed by atoms with E-state index in [4.69, 9.17) is 23.2 Å². The third-order valence-electron chi connectivity index (χ3n) is 2.56. The van der Waals surface area contributed by atoms with Crippen LogP contribution in [-0.4, -0.2) is 20.0 Å². The van der Waals surface area contributed by atoms with Gasteiger partial charge in [-0.3, -0.25) is 4.79 Å². The third-order valence-corrected chi connectivity index (χ3v) is 5.93. The molecule has 0 spiro atoms. The minimum absolute atomic E-state index is 0.0598. The van der Waals surface area contributed by atoms with Crippen LogP contribution in [0.1, 0.15) is 14.5 Å². The van der Waals surface area contributed by atoms with E-state index in [1.165, 1.54) is 29.5 Å². The zero-order valence-electron chi connectivity index (χ0n) is 10.4. The fraction of sp³-hybridized carbons (Fsp3) is 0.154. The van der Waals surface area contributed by atoms with E-state index in [0.717, 1.165) is 4.88 Å². The van der Waals surface area contributed by atoms with Gasteiger partial charge >= 0.3 is 0 Å². The second-order valence-corrected chi connectivity index (χ2v) is 8.26. The van der Waals surface area contributed by atoms with E-state index in [9.17, 15) is 13.2 Å². The topological polar surface area (TPSA) is 51.2 Å². The van der Waals surface area contributed by atoms with Crippen molar-refractivity contribution in [2.24, 2.45) is 0 Å². The molecule has 1 aromatic heterocycles. The van der Waals surface area contributed by atoms with Crippen molar-refractivity contribution in [3.63, 3.8) is 0 Å². The predicted octanol–water partition coefficient (Wildman–Crippen LogP) is 4.02. The van der Waals surface area contributed by atoms with E-state index >= 15 is 0 Å². The van der Waals surface area contributed by atoms with Gasteiger partial charge in [-0.25, -0.2) is 8.42 Å². The van der Waals surface area contributed by atoms with Crippen LogP contribution in [0.3, 0.4) is 0 Å². The Hall–Kier alpha value is -0.880. The van der Waals surface area contributed by atoms with Gasteiger partial charge in [-0.05, 0) is 37.3 Å². The summed E-state index contributed by atoms with van der Waals surface area (Å²) in [6, 6.07) is 7.55. The van der Waals surface area contributed by atoms with Gasteiger partial charge in [-0.1, -0.05) is 23.2 Å². The van der Waals surface area contributed by atoms with Gasteiger partial charge in [0, 0.05) is 9.90 Å². The number of hydrogen-bond acceptors (Lipinski definition) is 4. The molecule has 1 aromatic carbocycles. The number of Topliss-reactive ketones (excluding diaryl/α,β-unsaturated/α-hetero) is 1. The number of aryl methyl sites for hydroxylation is 1.